The summed E-state index contributed by atoms with van der Waals surface area (Å²) < 4.78 is 38.7. The Morgan fingerprint density at radius 3 is 1.61 bits per heavy atom. The predicted molar refractivity (Wildman–Crippen MR) is 91.9 cm³/mol. The maximum atomic E-state index is 12.9. The van der Waals surface area contributed by atoms with Crippen molar-refractivity contribution < 1.29 is 42.9 Å². The van der Waals surface area contributed by atoms with E-state index in [1.165, 1.54) is 0 Å². The molecule has 1 atom stereocenters. The topological polar surface area (TPSA) is 138 Å². The molecule has 1 fully saturated rings. The van der Waals surface area contributed by atoms with Crippen LogP contribution in [0.25, 0.3) is 0 Å². The number of hydrogen-bond acceptors (Lipinski definition) is 4. The number of carboxylic acids is 3. The molecule has 0 spiro atoms. The van der Waals surface area contributed by atoms with Crippen molar-refractivity contribution in [3.63, 3.8) is 0 Å². The van der Waals surface area contributed by atoms with E-state index in [-0.39, 0.29) is 29.9 Å². The molecule has 0 aliphatic heterocycles. The van der Waals surface area contributed by atoms with Gasteiger partial charge in [-0.25, -0.2) is 0 Å². The van der Waals surface area contributed by atoms with Gasteiger partial charge in [0, 0.05) is 0 Å². The minimum atomic E-state index is -4.35. The van der Waals surface area contributed by atoms with Gasteiger partial charge in [-0.15, -0.1) is 0 Å². The average molecular weight is 405 g/mol. The van der Waals surface area contributed by atoms with Gasteiger partial charge in [-0.1, -0.05) is 38.1 Å². The van der Waals surface area contributed by atoms with Crippen molar-refractivity contribution >= 4 is 17.9 Å². The maximum absolute atomic E-state index is 12.9. The molecule has 1 aromatic rings. The third-order valence-electron chi connectivity index (χ3n) is 4.59. The fourth-order valence-corrected chi connectivity index (χ4v) is 2.53. The van der Waals surface area contributed by atoms with Gasteiger partial charge in [0.05, 0.1) is 5.41 Å². The zero-order valence-corrected chi connectivity index (χ0v) is 15.2. The van der Waals surface area contributed by atoms with Crippen LogP contribution in [-0.4, -0.2) is 45.4 Å². The van der Waals surface area contributed by atoms with Crippen molar-refractivity contribution in [1.29, 1.82) is 0 Å². The third kappa shape index (κ3) is 5.22. The van der Waals surface area contributed by atoms with Gasteiger partial charge in [0.1, 0.15) is 6.04 Å². The lowest BCUT2D eigenvalue weighted by Gasteiger charge is -2.20. The Balaban J connectivity index is 0.000000416. The molecule has 0 unspecified atom stereocenters. The Bertz CT molecular complexity index is 712. The van der Waals surface area contributed by atoms with Crippen LogP contribution < -0.4 is 5.73 Å². The lowest BCUT2D eigenvalue weighted by Crippen LogP contribution is -2.34. The molecule has 1 aromatic carbocycles. The van der Waals surface area contributed by atoms with Crippen LogP contribution >= 0.6 is 0 Å². The lowest BCUT2D eigenvalue weighted by atomic mass is 9.91. The maximum Gasteiger partial charge on any atom is 0.398 e. The number of nitrogens with two attached hydrogens (primary N) is 1. The minimum Gasteiger partial charge on any atom is -0.480 e. The van der Waals surface area contributed by atoms with Crippen LogP contribution in [0, 0.1) is 5.92 Å². The summed E-state index contributed by atoms with van der Waals surface area (Å²) in [4.78, 5) is 31.7. The highest BCUT2D eigenvalue weighted by Gasteiger charge is 2.64. The molecule has 7 nitrogen and oxygen atoms in total. The summed E-state index contributed by atoms with van der Waals surface area (Å²) in [6.07, 6.45) is -4.36. The molecule has 0 bridgehead atoms. The van der Waals surface area contributed by atoms with Crippen molar-refractivity contribution in [2.45, 2.75) is 50.2 Å². The average Bonchev–Trinajstić information content (AvgIpc) is 3.36. The first kappa shape index (κ1) is 23.4. The second-order valence-electron chi connectivity index (χ2n) is 6.92. The van der Waals surface area contributed by atoms with Gasteiger partial charge < -0.3 is 21.1 Å². The molecule has 0 amide bonds. The monoisotopic (exact) mass is 405 g/mol. The number of hydrogen-bond donors (Lipinski definition) is 4. The summed E-state index contributed by atoms with van der Waals surface area (Å²) in [6.45, 7) is 3.55. The second-order valence-corrected chi connectivity index (χ2v) is 6.92. The third-order valence-corrected chi connectivity index (χ3v) is 4.59. The van der Waals surface area contributed by atoms with E-state index in [4.69, 9.17) is 21.1 Å². The molecule has 1 aliphatic rings. The number of halogens is 3. The van der Waals surface area contributed by atoms with Crippen molar-refractivity contribution in [1.82, 2.24) is 0 Å². The van der Waals surface area contributed by atoms with Crippen molar-refractivity contribution in [2.24, 2.45) is 11.7 Å². The van der Waals surface area contributed by atoms with Crippen LogP contribution in [-0.2, 0) is 19.8 Å². The van der Waals surface area contributed by atoms with Crippen LogP contribution in [0.2, 0.25) is 0 Å². The smallest absolute Gasteiger partial charge is 0.398 e. The molecular formula is C18H22F3NO6. The quantitative estimate of drug-likeness (QED) is 0.534. The van der Waals surface area contributed by atoms with Crippen LogP contribution in [0.3, 0.4) is 0 Å². The first-order valence-corrected chi connectivity index (χ1v) is 8.35. The predicted octanol–water partition coefficient (Wildman–Crippen LogP) is 2.59. The van der Waals surface area contributed by atoms with Crippen LogP contribution in [0.4, 0.5) is 13.2 Å². The SMILES string of the molecule is CC(C)[C@H](N)C(=O)O.O=C(O)C(C(=O)O)c1ccc(C2(C(F)(F)F)CC2)cc1. The highest BCUT2D eigenvalue weighted by atomic mass is 19.4. The van der Waals surface area contributed by atoms with E-state index in [0.717, 1.165) is 24.3 Å². The zero-order chi connectivity index (χ0) is 21.9. The summed E-state index contributed by atoms with van der Waals surface area (Å²) in [6, 6.07) is 3.88. The van der Waals surface area contributed by atoms with Gasteiger partial charge in [0.15, 0.2) is 5.92 Å². The number of carbonyl (C=O) groups is 3. The van der Waals surface area contributed by atoms with Gasteiger partial charge in [-0.2, -0.15) is 13.2 Å². The molecule has 0 aromatic heterocycles. The Labute approximate surface area is 159 Å². The number of benzene rings is 1. The van der Waals surface area contributed by atoms with Gasteiger partial charge in [-0.3, -0.25) is 14.4 Å². The van der Waals surface area contributed by atoms with Crippen LogP contribution in [0.1, 0.15) is 43.7 Å². The van der Waals surface area contributed by atoms with Gasteiger partial charge >= 0.3 is 24.1 Å². The summed E-state index contributed by atoms with van der Waals surface area (Å²) in [5, 5.41) is 25.8. The van der Waals surface area contributed by atoms with Crippen molar-refractivity contribution in [3.8, 4) is 0 Å². The Morgan fingerprint density at radius 2 is 1.39 bits per heavy atom. The molecule has 0 saturated heterocycles. The Kier molecular flexibility index (Phi) is 7.19. The second kappa shape index (κ2) is 8.59. The fourth-order valence-electron chi connectivity index (χ4n) is 2.53. The molecule has 2 rings (SSSR count). The number of rotatable bonds is 6. The molecule has 1 saturated carbocycles. The van der Waals surface area contributed by atoms with Gasteiger partial charge in [0.2, 0.25) is 0 Å². The van der Waals surface area contributed by atoms with E-state index < -0.39 is 41.5 Å². The molecule has 0 heterocycles. The van der Waals surface area contributed by atoms with E-state index in [9.17, 15) is 27.6 Å². The highest BCUT2D eigenvalue weighted by Crippen LogP contribution is 2.58. The lowest BCUT2D eigenvalue weighted by molar-refractivity contribution is -0.160. The molecule has 156 valence electrons. The van der Waals surface area contributed by atoms with Gasteiger partial charge in [0.25, 0.3) is 0 Å². The Hall–Kier alpha value is -2.62. The van der Waals surface area contributed by atoms with E-state index in [2.05, 4.69) is 0 Å². The van der Waals surface area contributed by atoms with E-state index in [1.54, 1.807) is 13.8 Å². The van der Waals surface area contributed by atoms with E-state index >= 15 is 0 Å². The molecule has 10 heteroatoms. The largest absolute Gasteiger partial charge is 0.480 e. The summed E-state index contributed by atoms with van der Waals surface area (Å²) >= 11 is 0. The van der Waals surface area contributed by atoms with Crippen LogP contribution in [0.15, 0.2) is 24.3 Å². The molecule has 0 radical (unpaired) electrons. The summed E-state index contributed by atoms with van der Waals surface area (Å²) in [5.41, 5.74) is 3.30. The molecule has 28 heavy (non-hydrogen) atoms. The standard InChI is InChI=1S/C13H11F3O4.C5H11NO2/c14-13(15,16)12(5-6-12)8-3-1-7(2-4-8)9(10(17)18)11(19)20;1-3(2)4(6)5(7)8/h1-4,9H,5-6H2,(H,17,18)(H,19,20);3-4H,6H2,1-2H3,(H,7,8)/t;4-/m.0/s1. The summed E-state index contributed by atoms with van der Waals surface area (Å²) in [5.74, 6) is -5.79. The normalized spacial score (nSPS) is 16.1. The molecular weight excluding hydrogens is 383 g/mol. The summed E-state index contributed by atoms with van der Waals surface area (Å²) in [7, 11) is 0. The number of aliphatic carboxylic acids is 3. The Morgan fingerprint density at radius 1 is 0.964 bits per heavy atom. The van der Waals surface area contributed by atoms with Crippen molar-refractivity contribution in [2.75, 3.05) is 0 Å². The van der Waals surface area contributed by atoms with Gasteiger partial charge in [-0.05, 0) is 29.9 Å². The number of alkyl halides is 3. The van der Waals surface area contributed by atoms with Crippen molar-refractivity contribution in [3.05, 3.63) is 35.4 Å². The first-order valence-electron chi connectivity index (χ1n) is 8.35. The number of carboxylic acid groups (broad SMARTS) is 3. The van der Waals surface area contributed by atoms with E-state index in [0.29, 0.717) is 0 Å². The highest BCUT2D eigenvalue weighted by molar-refractivity contribution is 5.98. The first-order chi connectivity index (χ1) is 12.7. The van der Waals surface area contributed by atoms with E-state index in [1.807, 2.05) is 0 Å². The minimum absolute atomic E-state index is 0.00284. The fraction of sp³-hybridized carbons (Fsp3) is 0.500. The van der Waals surface area contributed by atoms with Crippen LogP contribution in [0.5, 0.6) is 0 Å². The molecule has 1 aliphatic carbocycles. The zero-order valence-electron chi connectivity index (χ0n) is 15.2. The molecule has 5 N–H and O–H groups in total.